The molecular weight excluding hydrogens is 246 g/mol. The maximum atomic E-state index is 2.53. The first-order valence-corrected chi connectivity index (χ1v) is 8.63. The molecule has 120 valence electrons. The van der Waals surface area contributed by atoms with Crippen molar-refractivity contribution < 1.29 is 0 Å². The Hall–Kier alpha value is -0.860. The third-order valence-electron chi connectivity index (χ3n) is 3.61. The summed E-state index contributed by atoms with van der Waals surface area (Å²) < 4.78 is 0. The monoisotopic (exact) mass is 283 g/mol. The molecule has 0 aromatic heterocycles. The lowest BCUT2D eigenvalue weighted by atomic mass is 10.3. The fourth-order valence-electron chi connectivity index (χ4n) is 2.54. The van der Waals surface area contributed by atoms with E-state index in [9.17, 15) is 0 Å². The van der Waals surface area contributed by atoms with Crippen LogP contribution in [0.3, 0.4) is 0 Å². The van der Waals surface area contributed by atoms with E-state index in [-0.39, 0.29) is 0 Å². The SMILES string of the molecule is CCCN(C=C(N(CC)CCC)N(CC)CCC)CC. The van der Waals surface area contributed by atoms with Crippen molar-refractivity contribution in [3.05, 3.63) is 12.0 Å². The molecule has 3 nitrogen and oxygen atoms in total. The van der Waals surface area contributed by atoms with E-state index in [1.165, 1.54) is 25.1 Å². The van der Waals surface area contributed by atoms with Crippen molar-refractivity contribution in [3.8, 4) is 0 Å². The Balaban J connectivity index is 5.23. The zero-order chi connectivity index (χ0) is 15.4. The summed E-state index contributed by atoms with van der Waals surface area (Å²) in [6.45, 7) is 20.3. The molecule has 0 aromatic rings. The van der Waals surface area contributed by atoms with E-state index in [0.29, 0.717) is 0 Å². The maximum absolute atomic E-state index is 2.53. The summed E-state index contributed by atoms with van der Waals surface area (Å²) in [6.07, 6.45) is 6.00. The van der Waals surface area contributed by atoms with Crippen LogP contribution in [0.4, 0.5) is 0 Å². The van der Waals surface area contributed by atoms with Crippen LogP contribution in [0.1, 0.15) is 60.8 Å². The summed E-state index contributed by atoms with van der Waals surface area (Å²) >= 11 is 0. The average molecular weight is 284 g/mol. The molecule has 0 aliphatic heterocycles. The minimum atomic E-state index is 1.09. The van der Waals surface area contributed by atoms with Crippen molar-refractivity contribution >= 4 is 0 Å². The lowest BCUT2D eigenvalue weighted by Gasteiger charge is -2.36. The number of nitrogens with zero attached hydrogens (tertiary/aromatic N) is 3. The summed E-state index contributed by atoms with van der Waals surface area (Å²) in [4.78, 5) is 7.50. The summed E-state index contributed by atoms with van der Waals surface area (Å²) in [5, 5.41) is 0. The van der Waals surface area contributed by atoms with E-state index in [1.807, 2.05) is 0 Å². The van der Waals surface area contributed by atoms with Crippen LogP contribution in [-0.2, 0) is 0 Å². The van der Waals surface area contributed by atoms with E-state index in [0.717, 1.165) is 39.3 Å². The second kappa shape index (κ2) is 11.9. The second-order valence-corrected chi connectivity index (χ2v) is 5.28. The van der Waals surface area contributed by atoms with E-state index < -0.39 is 0 Å². The fourth-order valence-corrected chi connectivity index (χ4v) is 2.54. The summed E-state index contributed by atoms with van der Waals surface area (Å²) in [5.74, 6) is 1.41. The van der Waals surface area contributed by atoms with Gasteiger partial charge in [0.15, 0.2) is 0 Å². The van der Waals surface area contributed by atoms with E-state index in [1.54, 1.807) is 0 Å². The Morgan fingerprint density at radius 3 is 1.40 bits per heavy atom. The molecule has 20 heavy (non-hydrogen) atoms. The van der Waals surface area contributed by atoms with Gasteiger partial charge in [0, 0.05) is 45.5 Å². The predicted molar refractivity (Wildman–Crippen MR) is 90.7 cm³/mol. The van der Waals surface area contributed by atoms with Gasteiger partial charge in [0.05, 0.1) is 0 Å². The van der Waals surface area contributed by atoms with Crippen LogP contribution in [0.5, 0.6) is 0 Å². The van der Waals surface area contributed by atoms with E-state index in [2.05, 4.69) is 62.4 Å². The molecule has 0 radical (unpaired) electrons. The minimum Gasteiger partial charge on any atom is -0.375 e. The smallest absolute Gasteiger partial charge is 0.120 e. The first-order chi connectivity index (χ1) is 9.68. The highest BCUT2D eigenvalue weighted by Crippen LogP contribution is 2.14. The molecule has 0 N–H and O–H groups in total. The number of rotatable bonds is 12. The molecule has 0 amide bonds. The molecule has 0 saturated heterocycles. The van der Waals surface area contributed by atoms with Gasteiger partial charge in [-0.15, -0.1) is 0 Å². The number of hydrogen-bond donors (Lipinski definition) is 0. The quantitative estimate of drug-likeness (QED) is 0.536. The van der Waals surface area contributed by atoms with Crippen LogP contribution in [-0.4, -0.2) is 54.0 Å². The normalized spacial score (nSPS) is 10.3. The molecule has 0 unspecified atom stereocenters. The van der Waals surface area contributed by atoms with E-state index in [4.69, 9.17) is 0 Å². The molecule has 0 saturated carbocycles. The van der Waals surface area contributed by atoms with Crippen molar-refractivity contribution in [2.75, 3.05) is 39.3 Å². The van der Waals surface area contributed by atoms with Crippen LogP contribution in [0.15, 0.2) is 12.0 Å². The van der Waals surface area contributed by atoms with Gasteiger partial charge < -0.3 is 14.7 Å². The van der Waals surface area contributed by atoms with Gasteiger partial charge in [-0.2, -0.15) is 0 Å². The minimum absolute atomic E-state index is 1.09. The summed E-state index contributed by atoms with van der Waals surface area (Å²) in [5.41, 5.74) is 0. The Morgan fingerprint density at radius 1 is 0.650 bits per heavy atom. The Labute approximate surface area is 127 Å². The Morgan fingerprint density at radius 2 is 1.10 bits per heavy atom. The van der Waals surface area contributed by atoms with Gasteiger partial charge >= 0.3 is 0 Å². The number of hydrogen-bond acceptors (Lipinski definition) is 3. The molecule has 0 heterocycles. The van der Waals surface area contributed by atoms with Gasteiger partial charge in [0.2, 0.25) is 0 Å². The lowest BCUT2D eigenvalue weighted by molar-refractivity contribution is 0.208. The van der Waals surface area contributed by atoms with Crippen molar-refractivity contribution in [2.45, 2.75) is 60.8 Å². The first kappa shape index (κ1) is 19.1. The molecule has 3 heteroatoms. The summed E-state index contributed by atoms with van der Waals surface area (Å²) in [7, 11) is 0. The van der Waals surface area contributed by atoms with Crippen LogP contribution in [0.2, 0.25) is 0 Å². The molecule has 0 aliphatic carbocycles. The lowest BCUT2D eigenvalue weighted by Crippen LogP contribution is -2.38. The highest BCUT2D eigenvalue weighted by molar-refractivity contribution is 5.00. The zero-order valence-corrected chi connectivity index (χ0v) is 14.8. The van der Waals surface area contributed by atoms with Gasteiger partial charge in [0.25, 0.3) is 0 Å². The van der Waals surface area contributed by atoms with Crippen LogP contribution in [0, 0.1) is 0 Å². The summed E-state index contributed by atoms with van der Waals surface area (Å²) in [6, 6.07) is 0. The van der Waals surface area contributed by atoms with Gasteiger partial charge in [-0.3, -0.25) is 0 Å². The van der Waals surface area contributed by atoms with Crippen molar-refractivity contribution in [3.63, 3.8) is 0 Å². The van der Waals surface area contributed by atoms with Crippen molar-refractivity contribution in [1.82, 2.24) is 14.7 Å². The van der Waals surface area contributed by atoms with Gasteiger partial charge in [-0.05, 0) is 40.0 Å². The molecule has 0 rings (SSSR count). The predicted octanol–water partition coefficient (Wildman–Crippen LogP) is 3.98. The van der Waals surface area contributed by atoms with Crippen LogP contribution >= 0.6 is 0 Å². The molecule has 0 atom stereocenters. The molecule has 0 spiro atoms. The zero-order valence-electron chi connectivity index (χ0n) is 14.8. The van der Waals surface area contributed by atoms with Gasteiger partial charge in [-0.25, -0.2) is 0 Å². The van der Waals surface area contributed by atoms with Crippen LogP contribution in [0.25, 0.3) is 0 Å². The topological polar surface area (TPSA) is 9.72 Å². The van der Waals surface area contributed by atoms with Crippen molar-refractivity contribution in [2.24, 2.45) is 0 Å². The average Bonchev–Trinajstić information content (AvgIpc) is 2.47. The highest BCUT2D eigenvalue weighted by atomic mass is 15.3. The molecule has 0 fully saturated rings. The Kier molecular flexibility index (Phi) is 11.4. The first-order valence-electron chi connectivity index (χ1n) is 8.63. The molecule has 0 aliphatic rings. The fraction of sp³-hybridized carbons (Fsp3) is 0.882. The maximum Gasteiger partial charge on any atom is 0.120 e. The molecular formula is C17H37N3. The van der Waals surface area contributed by atoms with Crippen LogP contribution < -0.4 is 0 Å². The standard InChI is InChI=1S/C17H37N3/c1-7-13-18(10-4)16-17(19(11-5)14-8-2)20(12-6)15-9-3/h16H,7-15H2,1-6H3. The highest BCUT2D eigenvalue weighted by Gasteiger charge is 2.14. The van der Waals surface area contributed by atoms with E-state index >= 15 is 0 Å². The third kappa shape index (κ3) is 6.53. The second-order valence-electron chi connectivity index (χ2n) is 5.28. The Bertz CT molecular complexity index is 235. The molecule has 0 bridgehead atoms. The van der Waals surface area contributed by atoms with Gasteiger partial charge in [0.1, 0.15) is 5.82 Å². The third-order valence-corrected chi connectivity index (χ3v) is 3.61. The molecule has 0 aromatic carbocycles. The largest absolute Gasteiger partial charge is 0.375 e. The van der Waals surface area contributed by atoms with Crippen molar-refractivity contribution in [1.29, 1.82) is 0 Å². The van der Waals surface area contributed by atoms with Gasteiger partial charge in [-0.1, -0.05) is 20.8 Å².